The highest BCUT2D eigenvalue weighted by atomic mass is 16.3. The molecule has 1 N–H and O–H groups in total. The molecule has 1 saturated heterocycles. The maximum atomic E-state index is 10.5. The molecular formula is C18H29NO. The lowest BCUT2D eigenvalue weighted by molar-refractivity contribution is 0.0729. The maximum absolute atomic E-state index is 10.5. The van der Waals surface area contributed by atoms with Crippen LogP contribution in [0.3, 0.4) is 0 Å². The third-order valence-corrected chi connectivity index (χ3v) is 4.67. The molecule has 0 saturated carbocycles. The fourth-order valence-electron chi connectivity index (χ4n) is 3.39. The van der Waals surface area contributed by atoms with E-state index in [4.69, 9.17) is 0 Å². The van der Waals surface area contributed by atoms with Crippen molar-refractivity contribution in [3.63, 3.8) is 0 Å². The number of hydrogen-bond donors (Lipinski definition) is 1. The molecule has 1 heterocycles. The minimum Gasteiger partial charge on any atom is -0.388 e. The van der Waals surface area contributed by atoms with Crippen molar-refractivity contribution in [2.45, 2.75) is 58.1 Å². The second kappa shape index (κ2) is 7.80. The monoisotopic (exact) mass is 275 g/mol. The van der Waals surface area contributed by atoms with Gasteiger partial charge >= 0.3 is 0 Å². The van der Waals surface area contributed by atoms with Crippen LogP contribution >= 0.6 is 0 Å². The fourth-order valence-corrected chi connectivity index (χ4v) is 3.39. The first-order valence-corrected chi connectivity index (χ1v) is 8.19. The number of likely N-dealkylation sites (tertiary alicyclic amines) is 1. The molecule has 112 valence electrons. The second-order valence-corrected chi connectivity index (χ2v) is 6.24. The van der Waals surface area contributed by atoms with E-state index in [1.807, 2.05) is 30.3 Å². The summed E-state index contributed by atoms with van der Waals surface area (Å²) in [5.74, 6) is 0.282. The third kappa shape index (κ3) is 4.07. The minimum atomic E-state index is -0.350. The van der Waals surface area contributed by atoms with Gasteiger partial charge < -0.3 is 10.0 Å². The van der Waals surface area contributed by atoms with Crippen LogP contribution in [-0.2, 0) is 0 Å². The largest absolute Gasteiger partial charge is 0.388 e. The Morgan fingerprint density at radius 2 is 1.95 bits per heavy atom. The molecule has 1 aliphatic rings. The van der Waals surface area contributed by atoms with Gasteiger partial charge in [0.05, 0.1) is 6.10 Å². The van der Waals surface area contributed by atoms with Crippen molar-refractivity contribution in [3.8, 4) is 0 Å². The van der Waals surface area contributed by atoms with E-state index in [0.717, 1.165) is 12.1 Å². The van der Waals surface area contributed by atoms with Crippen molar-refractivity contribution in [1.29, 1.82) is 0 Å². The topological polar surface area (TPSA) is 23.5 Å². The van der Waals surface area contributed by atoms with Crippen LogP contribution in [0.25, 0.3) is 0 Å². The molecule has 0 spiro atoms. The number of benzene rings is 1. The molecule has 2 rings (SSSR count). The molecule has 20 heavy (non-hydrogen) atoms. The van der Waals surface area contributed by atoms with E-state index in [0.29, 0.717) is 6.04 Å². The summed E-state index contributed by atoms with van der Waals surface area (Å²) < 4.78 is 0. The first-order valence-electron chi connectivity index (χ1n) is 8.19. The van der Waals surface area contributed by atoms with Gasteiger partial charge in [-0.2, -0.15) is 0 Å². The Kier molecular flexibility index (Phi) is 6.06. The summed E-state index contributed by atoms with van der Waals surface area (Å²) in [6, 6.07) is 10.8. The molecule has 1 aliphatic heterocycles. The Bertz CT molecular complexity index is 378. The number of hydrogen-bond acceptors (Lipinski definition) is 2. The molecular weight excluding hydrogens is 246 g/mol. The van der Waals surface area contributed by atoms with Crippen molar-refractivity contribution in [1.82, 2.24) is 4.90 Å². The molecule has 2 nitrogen and oxygen atoms in total. The van der Waals surface area contributed by atoms with Gasteiger partial charge in [-0.25, -0.2) is 0 Å². The predicted molar refractivity (Wildman–Crippen MR) is 84.7 cm³/mol. The van der Waals surface area contributed by atoms with Crippen molar-refractivity contribution < 1.29 is 5.11 Å². The van der Waals surface area contributed by atoms with Crippen molar-refractivity contribution in [2.24, 2.45) is 5.92 Å². The first kappa shape index (κ1) is 15.5. The van der Waals surface area contributed by atoms with Crippen LogP contribution in [0.5, 0.6) is 0 Å². The van der Waals surface area contributed by atoms with Crippen LogP contribution in [0.15, 0.2) is 30.3 Å². The quantitative estimate of drug-likeness (QED) is 0.877. The van der Waals surface area contributed by atoms with E-state index in [1.54, 1.807) is 0 Å². The third-order valence-electron chi connectivity index (χ3n) is 4.67. The van der Waals surface area contributed by atoms with Gasteiger partial charge in [0.15, 0.2) is 0 Å². The Balaban J connectivity index is 1.96. The summed E-state index contributed by atoms with van der Waals surface area (Å²) in [5.41, 5.74) is 1.04. The Hall–Kier alpha value is -0.860. The van der Waals surface area contributed by atoms with Gasteiger partial charge in [0.1, 0.15) is 0 Å². The van der Waals surface area contributed by atoms with Crippen LogP contribution in [-0.4, -0.2) is 29.1 Å². The molecule has 0 aromatic heterocycles. The molecule has 1 aromatic carbocycles. The summed E-state index contributed by atoms with van der Waals surface area (Å²) in [6.45, 7) is 6.68. The molecule has 1 fully saturated rings. The Morgan fingerprint density at radius 1 is 1.20 bits per heavy atom. The van der Waals surface area contributed by atoms with Gasteiger partial charge in [-0.3, -0.25) is 0 Å². The van der Waals surface area contributed by atoms with E-state index < -0.39 is 0 Å². The van der Waals surface area contributed by atoms with Crippen molar-refractivity contribution in [3.05, 3.63) is 35.9 Å². The average molecular weight is 275 g/mol. The highest BCUT2D eigenvalue weighted by Gasteiger charge is 2.24. The summed E-state index contributed by atoms with van der Waals surface area (Å²) in [7, 11) is 0. The Labute approximate surface area is 123 Å². The summed E-state index contributed by atoms with van der Waals surface area (Å²) >= 11 is 0. The van der Waals surface area contributed by atoms with Crippen LogP contribution in [0.1, 0.15) is 57.6 Å². The molecule has 1 aromatic rings. The fraction of sp³-hybridized carbons (Fsp3) is 0.667. The van der Waals surface area contributed by atoms with Gasteiger partial charge in [-0.15, -0.1) is 0 Å². The number of aliphatic hydroxyl groups excluding tert-OH is 1. The van der Waals surface area contributed by atoms with Gasteiger partial charge in [0, 0.05) is 12.6 Å². The average Bonchev–Trinajstić information content (AvgIpc) is 2.72. The predicted octanol–water partition coefficient (Wildman–Crippen LogP) is 4.01. The van der Waals surface area contributed by atoms with Gasteiger partial charge in [0.2, 0.25) is 0 Å². The molecule has 0 bridgehead atoms. The molecule has 0 amide bonds. The number of rotatable bonds is 5. The normalized spacial score (nSPS) is 24.1. The van der Waals surface area contributed by atoms with E-state index in [1.165, 1.54) is 38.6 Å². The van der Waals surface area contributed by atoms with E-state index >= 15 is 0 Å². The highest BCUT2D eigenvalue weighted by Crippen LogP contribution is 2.26. The minimum absolute atomic E-state index is 0.282. The van der Waals surface area contributed by atoms with E-state index in [-0.39, 0.29) is 12.0 Å². The van der Waals surface area contributed by atoms with Crippen LogP contribution in [0.2, 0.25) is 0 Å². The van der Waals surface area contributed by atoms with Gasteiger partial charge in [0.25, 0.3) is 0 Å². The van der Waals surface area contributed by atoms with Crippen LogP contribution in [0, 0.1) is 5.92 Å². The highest BCUT2D eigenvalue weighted by molar-refractivity contribution is 5.17. The van der Waals surface area contributed by atoms with Crippen LogP contribution < -0.4 is 0 Å². The van der Waals surface area contributed by atoms with Crippen molar-refractivity contribution >= 4 is 0 Å². The van der Waals surface area contributed by atoms with E-state index in [2.05, 4.69) is 18.7 Å². The zero-order chi connectivity index (χ0) is 14.4. The lowest BCUT2D eigenvalue weighted by Crippen LogP contribution is -2.38. The van der Waals surface area contributed by atoms with Crippen LogP contribution in [0.4, 0.5) is 0 Å². The number of aliphatic hydroxyl groups is 1. The molecule has 3 unspecified atom stereocenters. The van der Waals surface area contributed by atoms with Gasteiger partial charge in [-0.05, 0) is 37.3 Å². The number of nitrogens with zero attached hydrogens (tertiary/aromatic N) is 1. The summed E-state index contributed by atoms with van der Waals surface area (Å²) in [6.07, 6.45) is 6.24. The van der Waals surface area contributed by atoms with Crippen molar-refractivity contribution in [2.75, 3.05) is 13.1 Å². The molecule has 3 atom stereocenters. The lowest BCUT2D eigenvalue weighted by Gasteiger charge is -2.33. The lowest BCUT2D eigenvalue weighted by atomic mass is 9.96. The smallest absolute Gasteiger partial charge is 0.0827 e. The second-order valence-electron chi connectivity index (χ2n) is 6.24. The van der Waals surface area contributed by atoms with Gasteiger partial charge in [-0.1, -0.05) is 57.0 Å². The zero-order valence-electron chi connectivity index (χ0n) is 13.0. The first-order chi connectivity index (χ1) is 9.72. The Morgan fingerprint density at radius 3 is 2.65 bits per heavy atom. The maximum Gasteiger partial charge on any atom is 0.0827 e. The molecule has 0 aliphatic carbocycles. The molecule has 0 radical (unpaired) electrons. The van der Waals surface area contributed by atoms with E-state index in [9.17, 15) is 5.11 Å². The zero-order valence-corrected chi connectivity index (χ0v) is 13.0. The summed E-state index contributed by atoms with van der Waals surface area (Å²) in [4.78, 5) is 2.61. The SMILES string of the molecule is CCC1CCCCCN1CC(C)C(O)c1ccccc1. The standard InChI is InChI=1S/C18H29NO/c1-3-17-12-8-5-9-13-19(17)14-15(2)18(20)16-10-6-4-7-11-16/h4,6-7,10-11,15,17-18,20H,3,5,8-9,12-14H2,1-2H3. The summed E-state index contributed by atoms with van der Waals surface area (Å²) in [5, 5.41) is 10.5. The molecule has 2 heteroatoms.